The highest BCUT2D eigenvalue weighted by atomic mass is 16.6. The van der Waals surface area contributed by atoms with Gasteiger partial charge in [-0.05, 0) is 46.5 Å². The maximum Gasteiger partial charge on any atom is 0.412 e. The van der Waals surface area contributed by atoms with Crippen LogP contribution in [0.4, 0.5) is 10.5 Å². The van der Waals surface area contributed by atoms with Gasteiger partial charge in [-0.25, -0.2) is 4.79 Å². The van der Waals surface area contributed by atoms with Crippen molar-refractivity contribution in [2.24, 2.45) is 0 Å². The lowest BCUT2D eigenvalue weighted by Gasteiger charge is -2.28. The molecule has 0 aliphatic rings. The molecule has 0 aliphatic carbocycles. The Balaban J connectivity index is 2.56. The average molecular weight is 336 g/mol. The lowest BCUT2D eigenvalue weighted by molar-refractivity contribution is 0.0295. The van der Waals surface area contributed by atoms with Gasteiger partial charge in [-0.3, -0.25) is 5.32 Å². The van der Waals surface area contributed by atoms with Crippen molar-refractivity contribution in [2.45, 2.75) is 52.1 Å². The van der Waals surface area contributed by atoms with Gasteiger partial charge < -0.3 is 14.4 Å². The van der Waals surface area contributed by atoms with Crippen molar-refractivity contribution in [1.29, 1.82) is 0 Å². The van der Waals surface area contributed by atoms with E-state index in [0.717, 1.165) is 12.8 Å². The van der Waals surface area contributed by atoms with Crippen LogP contribution in [-0.2, 0) is 4.74 Å². The molecular weight excluding hydrogens is 304 g/mol. The highest BCUT2D eigenvalue weighted by Crippen LogP contribution is 2.25. The van der Waals surface area contributed by atoms with Crippen LogP contribution >= 0.6 is 0 Å². The van der Waals surface area contributed by atoms with Crippen molar-refractivity contribution in [2.75, 3.05) is 32.6 Å². The Morgan fingerprint density at radius 3 is 2.54 bits per heavy atom. The molecule has 0 spiro atoms. The van der Waals surface area contributed by atoms with Crippen LogP contribution in [0, 0.1) is 0 Å². The van der Waals surface area contributed by atoms with E-state index in [1.807, 2.05) is 57.1 Å². The number of carbonyl (C=O) groups is 1. The molecule has 0 saturated heterocycles. The molecule has 0 fully saturated rings. The Morgan fingerprint density at radius 2 is 1.88 bits per heavy atom. The van der Waals surface area contributed by atoms with Crippen molar-refractivity contribution >= 4 is 11.8 Å². The second-order valence-electron chi connectivity index (χ2n) is 6.92. The molecule has 0 heterocycles. The van der Waals surface area contributed by atoms with Gasteiger partial charge in [0, 0.05) is 6.54 Å². The lowest BCUT2D eigenvalue weighted by Crippen LogP contribution is -2.40. The molecule has 0 aromatic heterocycles. The SMILES string of the molecule is CCCCCCOc1ccccc1NC(=O)OC(C)(C)CN(C)C. The van der Waals surface area contributed by atoms with Gasteiger partial charge >= 0.3 is 6.09 Å². The van der Waals surface area contributed by atoms with Gasteiger partial charge in [0.05, 0.1) is 12.3 Å². The van der Waals surface area contributed by atoms with Crippen molar-refractivity contribution in [3.05, 3.63) is 24.3 Å². The van der Waals surface area contributed by atoms with E-state index in [2.05, 4.69) is 12.2 Å². The zero-order valence-electron chi connectivity index (χ0n) is 15.7. The predicted octanol–water partition coefficient (Wildman–Crippen LogP) is 4.53. The lowest BCUT2D eigenvalue weighted by atomic mass is 10.1. The summed E-state index contributed by atoms with van der Waals surface area (Å²) in [6.45, 7) is 7.27. The van der Waals surface area contributed by atoms with Crippen molar-refractivity contribution in [3.8, 4) is 5.75 Å². The van der Waals surface area contributed by atoms with Crippen molar-refractivity contribution in [1.82, 2.24) is 4.90 Å². The maximum atomic E-state index is 12.2. The third kappa shape index (κ3) is 8.20. The summed E-state index contributed by atoms with van der Waals surface area (Å²) < 4.78 is 11.3. The first-order valence-electron chi connectivity index (χ1n) is 8.70. The summed E-state index contributed by atoms with van der Waals surface area (Å²) in [4.78, 5) is 14.2. The van der Waals surface area contributed by atoms with Crippen LogP contribution in [0.5, 0.6) is 5.75 Å². The molecule has 0 saturated carbocycles. The van der Waals surface area contributed by atoms with E-state index in [9.17, 15) is 4.79 Å². The molecule has 1 N–H and O–H groups in total. The third-order valence-electron chi connectivity index (χ3n) is 3.45. The summed E-state index contributed by atoms with van der Waals surface area (Å²) in [5.74, 6) is 0.677. The molecule has 5 nitrogen and oxygen atoms in total. The molecule has 0 aliphatic heterocycles. The fourth-order valence-corrected chi connectivity index (χ4v) is 2.59. The van der Waals surface area contributed by atoms with E-state index in [-0.39, 0.29) is 0 Å². The van der Waals surface area contributed by atoms with Crippen LogP contribution in [0.15, 0.2) is 24.3 Å². The first-order valence-corrected chi connectivity index (χ1v) is 8.70. The summed E-state index contributed by atoms with van der Waals surface area (Å²) >= 11 is 0. The van der Waals surface area contributed by atoms with E-state index in [4.69, 9.17) is 9.47 Å². The Hall–Kier alpha value is -1.75. The molecule has 1 rings (SSSR count). The highest BCUT2D eigenvalue weighted by molar-refractivity contribution is 5.86. The predicted molar refractivity (Wildman–Crippen MR) is 98.8 cm³/mol. The molecule has 0 radical (unpaired) electrons. The van der Waals surface area contributed by atoms with Gasteiger partial charge in [0.2, 0.25) is 0 Å². The largest absolute Gasteiger partial charge is 0.491 e. The number of hydrogen-bond donors (Lipinski definition) is 1. The minimum atomic E-state index is -0.566. The molecule has 1 aromatic carbocycles. The van der Waals surface area contributed by atoms with E-state index >= 15 is 0 Å². The molecule has 0 bridgehead atoms. The zero-order valence-corrected chi connectivity index (χ0v) is 15.7. The van der Waals surface area contributed by atoms with Gasteiger partial charge in [0.25, 0.3) is 0 Å². The van der Waals surface area contributed by atoms with Crippen LogP contribution in [0.2, 0.25) is 0 Å². The van der Waals surface area contributed by atoms with Crippen molar-refractivity contribution < 1.29 is 14.3 Å². The van der Waals surface area contributed by atoms with Crippen LogP contribution in [0.25, 0.3) is 0 Å². The summed E-state index contributed by atoms with van der Waals surface area (Å²) in [6.07, 6.45) is 4.13. The van der Waals surface area contributed by atoms with E-state index in [0.29, 0.717) is 24.6 Å². The number of amides is 1. The summed E-state index contributed by atoms with van der Waals surface area (Å²) in [7, 11) is 3.90. The maximum absolute atomic E-state index is 12.2. The standard InChI is InChI=1S/C19H32N2O3/c1-6-7-8-11-14-23-17-13-10-9-12-16(17)20-18(22)24-19(2,3)15-21(4)5/h9-10,12-13H,6-8,11,14-15H2,1-5H3,(H,20,22). The number of unbranched alkanes of at least 4 members (excludes halogenated alkanes) is 3. The monoisotopic (exact) mass is 336 g/mol. The Labute approximate surface area is 146 Å². The number of para-hydroxylation sites is 2. The summed E-state index contributed by atoms with van der Waals surface area (Å²) in [5, 5.41) is 2.79. The Bertz CT molecular complexity index is 501. The van der Waals surface area contributed by atoms with Crippen LogP contribution in [-0.4, -0.2) is 43.8 Å². The number of rotatable bonds is 10. The number of nitrogens with one attached hydrogen (secondary N) is 1. The first-order chi connectivity index (χ1) is 11.3. The molecule has 1 amide bonds. The van der Waals surface area contributed by atoms with Gasteiger partial charge in [0.1, 0.15) is 11.4 Å². The van der Waals surface area contributed by atoms with Crippen LogP contribution in [0.1, 0.15) is 46.5 Å². The molecule has 24 heavy (non-hydrogen) atoms. The number of nitrogens with zero attached hydrogens (tertiary/aromatic N) is 1. The normalized spacial score (nSPS) is 11.4. The fourth-order valence-electron chi connectivity index (χ4n) is 2.59. The molecule has 0 atom stereocenters. The first kappa shape index (κ1) is 20.3. The summed E-state index contributed by atoms with van der Waals surface area (Å²) in [5.41, 5.74) is 0.0717. The average Bonchev–Trinajstić information content (AvgIpc) is 2.46. The Kier molecular flexibility index (Phi) is 8.61. The van der Waals surface area contributed by atoms with Gasteiger partial charge in [-0.2, -0.15) is 0 Å². The number of anilines is 1. The van der Waals surface area contributed by atoms with Gasteiger partial charge in [-0.15, -0.1) is 0 Å². The fraction of sp³-hybridized carbons (Fsp3) is 0.632. The minimum Gasteiger partial charge on any atom is -0.491 e. The van der Waals surface area contributed by atoms with E-state index < -0.39 is 11.7 Å². The van der Waals surface area contributed by atoms with E-state index in [1.54, 1.807) is 0 Å². The topological polar surface area (TPSA) is 50.8 Å². The number of likely N-dealkylation sites (N-methyl/N-ethyl adjacent to an activating group) is 1. The Morgan fingerprint density at radius 1 is 1.17 bits per heavy atom. The summed E-state index contributed by atoms with van der Waals surface area (Å²) in [6, 6.07) is 7.44. The molecule has 1 aromatic rings. The smallest absolute Gasteiger partial charge is 0.412 e. The quantitative estimate of drug-likeness (QED) is 0.638. The highest BCUT2D eigenvalue weighted by Gasteiger charge is 2.24. The van der Waals surface area contributed by atoms with Gasteiger partial charge in [-0.1, -0.05) is 38.3 Å². The second-order valence-corrected chi connectivity index (χ2v) is 6.92. The third-order valence-corrected chi connectivity index (χ3v) is 3.45. The molecule has 5 heteroatoms. The van der Waals surface area contributed by atoms with Gasteiger partial charge in [0.15, 0.2) is 0 Å². The van der Waals surface area contributed by atoms with Crippen LogP contribution in [0.3, 0.4) is 0 Å². The number of hydrogen-bond acceptors (Lipinski definition) is 4. The number of benzene rings is 1. The van der Waals surface area contributed by atoms with Crippen molar-refractivity contribution in [3.63, 3.8) is 0 Å². The minimum absolute atomic E-state index is 0.469. The molecule has 0 unspecified atom stereocenters. The van der Waals surface area contributed by atoms with Crippen LogP contribution < -0.4 is 10.1 Å². The molecule has 136 valence electrons. The molecular formula is C19H32N2O3. The second kappa shape index (κ2) is 10.2. The zero-order chi connectivity index (χ0) is 18.0. The van der Waals surface area contributed by atoms with E-state index in [1.165, 1.54) is 12.8 Å². The number of carbonyl (C=O) groups excluding carboxylic acids is 1. The number of ether oxygens (including phenoxy) is 2.